The number of hydrogen-bond acceptors (Lipinski definition) is 4. The van der Waals surface area contributed by atoms with Gasteiger partial charge in [-0.1, -0.05) is 0 Å². The second-order valence-corrected chi connectivity index (χ2v) is 3.14. The van der Waals surface area contributed by atoms with Gasteiger partial charge in [0.25, 0.3) is 10.1 Å². The van der Waals surface area contributed by atoms with Crippen molar-refractivity contribution in [1.29, 1.82) is 0 Å². The number of hydrogen-bond donors (Lipinski definition) is 3. The van der Waals surface area contributed by atoms with Crippen LogP contribution in [0.25, 0.3) is 0 Å². The van der Waals surface area contributed by atoms with Crippen molar-refractivity contribution in [1.82, 2.24) is 0 Å². The van der Waals surface area contributed by atoms with Crippen molar-refractivity contribution in [2.75, 3.05) is 12.3 Å². The summed E-state index contributed by atoms with van der Waals surface area (Å²) in [7, 11) is -4.07. The van der Waals surface area contributed by atoms with Gasteiger partial charge in [-0.15, -0.1) is 0 Å². The standard InChI is InChI=1S/C3H9NO4S.Na.H/c4-1-3(5)2-9(6,7)8;;/h3,5H,1-2,4H2,(H,6,7,8);;. The average Bonchev–Trinajstić information content (AvgIpc) is 1.62. The first-order valence-corrected chi connectivity index (χ1v) is 3.90. The van der Waals surface area contributed by atoms with Crippen molar-refractivity contribution in [2.45, 2.75) is 6.10 Å². The first-order valence-electron chi connectivity index (χ1n) is 2.29. The number of rotatable bonds is 3. The van der Waals surface area contributed by atoms with E-state index in [2.05, 4.69) is 0 Å². The number of aliphatic hydroxyl groups excluding tert-OH is 1. The molecule has 58 valence electrons. The van der Waals surface area contributed by atoms with Crippen LogP contribution in [-0.2, 0) is 10.1 Å². The fourth-order valence-electron chi connectivity index (χ4n) is 0.311. The van der Waals surface area contributed by atoms with Gasteiger partial charge in [0.1, 0.15) is 5.75 Å². The summed E-state index contributed by atoms with van der Waals surface area (Å²) in [4.78, 5) is 0. The first-order chi connectivity index (χ1) is 3.95. The van der Waals surface area contributed by atoms with Gasteiger partial charge in [0.15, 0.2) is 0 Å². The summed E-state index contributed by atoms with van der Waals surface area (Å²) in [5.41, 5.74) is 4.85. The molecule has 5 nitrogen and oxygen atoms in total. The molecule has 0 saturated heterocycles. The maximum absolute atomic E-state index is 9.94. The summed E-state index contributed by atoms with van der Waals surface area (Å²) in [5.74, 6) is -0.691. The molecule has 0 heterocycles. The van der Waals surface area contributed by atoms with E-state index in [1.807, 2.05) is 0 Å². The van der Waals surface area contributed by atoms with Gasteiger partial charge < -0.3 is 10.8 Å². The van der Waals surface area contributed by atoms with Crippen LogP contribution in [0.5, 0.6) is 0 Å². The van der Waals surface area contributed by atoms with Crippen molar-refractivity contribution >= 4 is 39.7 Å². The molecule has 0 saturated carbocycles. The second-order valence-electron chi connectivity index (χ2n) is 1.64. The van der Waals surface area contributed by atoms with Gasteiger partial charge in [0.05, 0.1) is 6.10 Å². The molecule has 0 radical (unpaired) electrons. The molecule has 0 amide bonds. The molecule has 0 aromatic rings. The molecule has 0 bridgehead atoms. The minimum atomic E-state index is -4.07. The summed E-state index contributed by atoms with van der Waals surface area (Å²) in [6, 6.07) is 0. The van der Waals surface area contributed by atoms with Crippen LogP contribution in [0.3, 0.4) is 0 Å². The Bertz CT molecular complexity index is 167. The van der Waals surface area contributed by atoms with Crippen LogP contribution in [0, 0.1) is 0 Å². The molecule has 0 rings (SSSR count). The van der Waals surface area contributed by atoms with Crippen molar-refractivity contribution in [3.63, 3.8) is 0 Å². The summed E-state index contributed by atoms with van der Waals surface area (Å²) in [6.07, 6.45) is -1.17. The molecule has 4 N–H and O–H groups in total. The zero-order valence-corrected chi connectivity index (χ0v) is 5.50. The molecule has 0 aliphatic carbocycles. The molecule has 0 aromatic heterocycles. The normalized spacial score (nSPS) is 13.9. The Morgan fingerprint density at radius 2 is 1.90 bits per heavy atom. The topological polar surface area (TPSA) is 101 Å². The molecule has 10 heavy (non-hydrogen) atoms. The van der Waals surface area contributed by atoms with Crippen LogP contribution in [0.4, 0.5) is 0 Å². The van der Waals surface area contributed by atoms with E-state index in [1.54, 1.807) is 0 Å². The molecule has 0 aliphatic heterocycles. The summed E-state index contributed by atoms with van der Waals surface area (Å²) in [5, 5.41) is 8.53. The van der Waals surface area contributed by atoms with E-state index in [0.717, 1.165) is 0 Å². The molecule has 1 atom stereocenters. The van der Waals surface area contributed by atoms with Crippen LogP contribution in [0.1, 0.15) is 0 Å². The monoisotopic (exact) mass is 179 g/mol. The zero-order chi connectivity index (χ0) is 7.49. The fraction of sp³-hybridized carbons (Fsp3) is 1.00. The Hall–Kier alpha value is 0.830. The molecule has 0 aromatic carbocycles. The van der Waals surface area contributed by atoms with E-state index < -0.39 is 22.0 Å². The van der Waals surface area contributed by atoms with Crippen LogP contribution < -0.4 is 5.73 Å². The molecular formula is C3H10NNaO4S. The fourth-order valence-corrected chi connectivity index (χ4v) is 0.933. The number of nitrogens with two attached hydrogens (primary N) is 1. The summed E-state index contributed by atoms with van der Waals surface area (Å²) in [6.45, 7) is -0.167. The van der Waals surface area contributed by atoms with Gasteiger partial charge >= 0.3 is 29.6 Å². The molecule has 7 heteroatoms. The van der Waals surface area contributed by atoms with Crippen molar-refractivity contribution < 1.29 is 18.1 Å². The van der Waals surface area contributed by atoms with E-state index in [-0.39, 0.29) is 36.1 Å². The predicted molar refractivity (Wildman–Crippen MR) is 38.6 cm³/mol. The Morgan fingerprint density at radius 1 is 1.50 bits per heavy atom. The Labute approximate surface area is 81.6 Å². The molecule has 0 spiro atoms. The Balaban J connectivity index is 0. The van der Waals surface area contributed by atoms with Crippen LogP contribution in [0.15, 0.2) is 0 Å². The van der Waals surface area contributed by atoms with Crippen molar-refractivity contribution in [3.05, 3.63) is 0 Å². The molecule has 1 unspecified atom stereocenters. The van der Waals surface area contributed by atoms with Gasteiger partial charge in [0, 0.05) is 6.54 Å². The Kier molecular flexibility index (Phi) is 7.35. The molecule has 0 fully saturated rings. The summed E-state index contributed by atoms with van der Waals surface area (Å²) >= 11 is 0. The Morgan fingerprint density at radius 3 is 2.00 bits per heavy atom. The third-order valence-corrected chi connectivity index (χ3v) is 1.48. The third-order valence-electron chi connectivity index (χ3n) is 0.675. The quantitative estimate of drug-likeness (QED) is 0.329. The van der Waals surface area contributed by atoms with Gasteiger partial charge in [-0.2, -0.15) is 8.42 Å². The van der Waals surface area contributed by atoms with Gasteiger partial charge in [-0.3, -0.25) is 4.55 Å². The van der Waals surface area contributed by atoms with Crippen molar-refractivity contribution in [3.8, 4) is 0 Å². The van der Waals surface area contributed by atoms with E-state index in [9.17, 15) is 8.42 Å². The van der Waals surface area contributed by atoms with Gasteiger partial charge in [0.2, 0.25) is 0 Å². The van der Waals surface area contributed by atoms with E-state index in [1.165, 1.54) is 0 Å². The van der Waals surface area contributed by atoms with Crippen LogP contribution in [-0.4, -0.2) is 66.0 Å². The van der Waals surface area contributed by atoms with Crippen molar-refractivity contribution in [2.24, 2.45) is 5.73 Å². The first kappa shape index (κ1) is 13.4. The predicted octanol–water partition coefficient (Wildman–Crippen LogP) is -2.45. The molecule has 0 aliphatic rings. The second kappa shape index (κ2) is 5.48. The average molecular weight is 179 g/mol. The SMILES string of the molecule is NCC(O)CS(=O)(=O)O.[NaH]. The van der Waals surface area contributed by atoms with E-state index in [4.69, 9.17) is 15.4 Å². The maximum atomic E-state index is 9.94. The minimum absolute atomic E-state index is 0. The van der Waals surface area contributed by atoms with Gasteiger partial charge in [-0.25, -0.2) is 0 Å². The van der Waals surface area contributed by atoms with Crippen LogP contribution in [0.2, 0.25) is 0 Å². The van der Waals surface area contributed by atoms with Gasteiger partial charge in [-0.05, 0) is 0 Å². The zero-order valence-electron chi connectivity index (χ0n) is 4.69. The third kappa shape index (κ3) is 8.83. The number of aliphatic hydroxyl groups is 1. The van der Waals surface area contributed by atoms with E-state index >= 15 is 0 Å². The summed E-state index contributed by atoms with van der Waals surface area (Å²) < 4.78 is 28.0. The molecular weight excluding hydrogens is 169 g/mol. The van der Waals surface area contributed by atoms with Crippen LogP contribution >= 0.6 is 0 Å². The van der Waals surface area contributed by atoms with E-state index in [0.29, 0.717) is 0 Å².